The molecule has 0 unspecified atom stereocenters. The lowest BCUT2D eigenvalue weighted by atomic mass is 9.91. The van der Waals surface area contributed by atoms with Crippen LogP contribution in [0.4, 0.5) is 0 Å². The molecule has 1 aliphatic rings. The molecule has 0 N–H and O–H groups in total. The molecule has 0 bridgehead atoms. The normalized spacial score (nSPS) is 25.4. The highest BCUT2D eigenvalue weighted by Crippen LogP contribution is 2.62. The number of hydrogen-bond donors (Lipinski definition) is 0. The predicted octanol–water partition coefficient (Wildman–Crippen LogP) is 1.98. The molecule has 0 amide bonds. The van der Waals surface area contributed by atoms with Crippen LogP contribution in [0.25, 0.3) is 0 Å². The first-order valence-electron chi connectivity index (χ1n) is 5.87. The zero-order valence-electron chi connectivity index (χ0n) is 11.4. The fourth-order valence-corrected chi connectivity index (χ4v) is 2.72. The van der Waals surface area contributed by atoms with Gasteiger partial charge in [-0.1, -0.05) is 13.8 Å². The van der Waals surface area contributed by atoms with Gasteiger partial charge in [-0.05, 0) is 31.6 Å². The van der Waals surface area contributed by atoms with Crippen molar-refractivity contribution in [1.82, 2.24) is 0 Å². The highest BCUT2D eigenvalue weighted by Gasteiger charge is 2.65. The fraction of sp³-hybridized carbons (Fsp3) is 0.769. The standard InChI is InChI=1S/C13H19ClO4/c1-7(15)13(14,8(2)16)6-9-10(11(17)18-5)12(9,3)4/h9-10H,6H2,1-5H3/t9-,10-/m1/s1. The summed E-state index contributed by atoms with van der Waals surface area (Å²) in [6.45, 7) is 6.43. The molecule has 0 aromatic carbocycles. The maximum Gasteiger partial charge on any atom is 0.309 e. The summed E-state index contributed by atoms with van der Waals surface area (Å²) < 4.78 is 4.72. The van der Waals surface area contributed by atoms with Gasteiger partial charge in [0.2, 0.25) is 0 Å². The molecule has 1 aliphatic carbocycles. The third-order valence-electron chi connectivity index (χ3n) is 4.12. The van der Waals surface area contributed by atoms with E-state index in [0.717, 1.165) is 0 Å². The summed E-state index contributed by atoms with van der Waals surface area (Å²) >= 11 is 6.13. The maximum atomic E-state index is 11.6. The van der Waals surface area contributed by atoms with Crippen LogP contribution in [0.15, 0.2) is 0 Å². The molecule has 0 aromatic rings. The van der Waals surface area contributed by atoms with E-state index in [1.165, 1.54) is 21.0 Å². The highest BCUT2D eigenvalue weighted by atomic mass is 35.5. The molecule has 0 heterocycles. The van der Waals surface area contributed by atoms with Crippen molar-refractivity contribution in [2.75, 3.05) is 7.11 Å². The second-order valence-electron chi connectivity index (χ2n) is 5.55. The van der Waals surface area contributed by atoms with Crippen LogP contribution < -0.4 is 0 Å². The smallest absolute Gasteiger partial charge is 0.309 e. The minimum Gasteiger partial charge on any atom is -0.469 e. The van der Waals surface area contributed by atoms with Crippen LogP contribution in [0.3, 0.4) is 0 Å². The third kappa shape index (κ3) is 2.30. The van der Waals surface area contributed by atoms with Crippen LogP contribution in [0, 0.1) is 17.3 Å². The molecule has 102 valence electrons. The number of ketones is 2. The Labute approximate surface area is 112 Å². The molecule has 2 atom stereocenters. The SMILES string of the molecule is COC(=O)[C@H]1[C@@H](CC(Cl)(C(C)=O)C(C)=O)C1(C)C. The van der Waals surface area contributed by atoms with Crippen LogP contribution in [0.2, 0.25) is 0 Å². The van der Waals surface area contributed by atoms with Gasteiger partial charge < -0.3 is 4.74 Å². The van der Waals surface area contributed by atoms with Crippen LogP contribution in [-0.2, 0) is 19.1 Å². The van der Waals surface area contributed by atoms with Crippen LogP contribution in [0.1, 0.15) is 34.1 Å². The Morgan fingerprint density at radius 1 is 1.22 bits per heavy atom. The summed E-state index contributed by atoms with van der Waals surface area (Å²) in [5, 5.41) is 0. The molecule has 5 heteroatoms. The molecule has 4 nitrogen and oxygen atoms in total. The van der Waals surface area contributed by atoms with Crippen molar-refractivity contribution in [2.45, 2.75) is 39.0 Å². The number of carbonyl (C=O) groups is 3. The van der Waals surface area contributed by atoms with Crippen LogP contribution in [-0.4, -0.2) is 29.5 Å². The van der Waals surface area contributed by atoms with E-state index in [1.54, 1.807) is 0 Å². The van der Waals surface area contributed by atoms with Crippen molar-refractivity contribution in [2.24, 2.45) is 17.3 Å². The summed E-state index contributed by atoms with van der Waals surface area (Å²) in [6.07, 6.45) is 0.186. The van der Waals surface area contributed by atoms with Gasteiger partial charge in [-0.2, -0.15) is 0 Å². The Morgan fingerprint density at radius 2 is 1.67 bits per heavy atom. The summed E-state index contributed by atoms with van der Waals surface area (Å²) in [5.74, 6) is -1.45. The number of methoxy groups -OCH3 is 1. The Morgan fingerprint density at radius 3 is 2.00 bits per heavy atom. The number of hydrogen-bond acceptors (Lipinski definition) is 4. The van der Waals surface area contributed by atoms with E-state index < -0.39 is 4.87 Å². The minimum atomic E-state index is -1.51. The first kappa shape index (κ1) is 15.2. The summed E-state index contributed by atoms with van der Waals surface area (Å²) in [6, 6.07) is 0. The molecular weight excluding hydrogens is 256 g/mol. The minimum absolute atomic E-state index is 0.102. The number of alkyl halides is 1. The van der Waals surface area contributed by atoms with Crippen molar-refractivity contribution in [3.63, 3.8) is 0 Å². The van der Waals surface area contributed by atoms with E-state index in [4.69, 9.17) is 16.3 Å². The molecule has 1 saturated carbocycles. The quantitative estimate of drug-likeness (QED) is 0.437. The number of halogens is 1. The lowest BCUT2D eigenvalue weighted by Gasteiger charge is -2.21. The van der Waals surface area contributed by atoms with Gasteiger partial charge in [-0.25, -0.2) is 0 Å². The van der Waals surface area contributed by atoms with Gasteiger partial charge in [0.25, 0.3) is 0 Å². The number of carbonyl (C=O) groups excluding carboxylic acids is 3. The number of rotatable bonds is 5. The summed E-state index contributed by atoms with van der Waals surface area (Å²) in [5.41, 5.74) is -0.280. The number of esters is 1. The molecule has 1 rings (SSSR count). The number of ether oxygens (including phenoxy) is 1. The van der Waals surface area contributed by atoms with Gasteiger partial charge in [0, 0.05) is 0 Å². The van der Waals surface area contributed by atoms with Crippen molar-refractivity contribution in [1.29, 1.82) is 0 Å². The van der Waals surface area contributed by atoms with E-state index in [1.807, 2.05) is 13.8 Å². The molecule has 18 heavy (non-hydrogen) atoms. The van der Waals surface area contributed by atoms with Gasteiger partial charge in [-0.3, -0.25) is 14.4 Å². The van der Waals surface area contributed by atoms with Gasteiger partial charge in [0.1, 0.15) is 0 Å². The average Bonchev–Trinajstić information content (AvgIpc) is 2.78. The van der Waals surface area contributed by atoms with Gasteiger partial charge >= 0.3 is 5.97 Å². The largest absolute Gasteiger partial charge is 0.469 e. The molecule has 0 aliphatic heterocycles. The van der Waals surface area contributed by atoms with E-state index in [2.05, 4.69) is 0 Å². The van der Waals surface area contributed by atoms with E-state index in [9.17, 15) is 14.4 Å². The van der Waals surface area contributed by atoms with Crippen molar-refractivity contribution in [3.05, 3.63) is 0 Å². The second kappa shape index (κ2) is 4.65. The fourth-order valence-electron chi connectivity index (χ4n) is 2.56. The molecule has 0 aromatic heterocycles. The Hall–Kier alpha value is -0.900. The maximum absolute atomic E-state index is 11.6. The topological polar surface area (TPSA) is 60.4 Å². The van der Waals surface area contributed by atoms with Crippen molar-refractivity contribution < 1.29 is 19.1 Å². The average molecular weight is 275 g/mol. The summed E-state index contributed by atoms with van der Waals surface area (Å²) in [7, 11) is 1.33. The zero-order valence-corrected chi connectivity index (χ0v) is 12.1. The zero-order chi connectivity index (χ0) is 14.3. The lowest BCUT2D eigenvalue weighted by molar-refractivity contribution is -0.143. The van der Waals surface area contributed by atoms with Crippen molar-refractivity contribution in [3.8, 4) is 0 Å². The van der Waals surface area contributed by atoms with Crippen molar-refractivity contribution >= 4 is 29.1 Å². The molecule has 0 saturated heterocycles. The molecule has 1 fully saturated rings. The predicted molar refractivity (Wildman–Crippen MR) is 67.3 cm³/mol. The summed E-state index contributed by atoms with van der Waals surface area (Å²) in [4.78, 5) is 33.2. The van der Waals surface area contributed by atoms with E-state index in [0.29, 0.717) is 0 Å². The Balaban J connectivity index is 2.89. The van der Waals surface area contributed by atoms with E-state index in [-0.39, 0.29) is 41.2 Å². The van der Waals surface area contributed by atoms with Gasteiger partial charge in [-0.15, -0.1) is 11.6 Å². The number of Topliss-reactive ketones (excluding diaryl/α,β-unsaturated/α-hetero) is 2. The molecular formula is C13H19ClO4. The molecule has 0 spiro atoms. The van der Waals surface area contributed by atoms with Gasteiger partial charge in [0.15, 0.2) is 16.4 Å². The molecule has 0 radical (unpaired) electrons. The van der Waals surface area contributed by atoms with Crippen LogP contribution in [0.5, 0.6) is 0 Å². The van der Waals surface area contributed by atoms with Gasteiger partial charge in [0.05, 0.1) is 13.0 Å². The first-order chi connectivity index (χ1) is 8.09. The van der Waals surface area contributed by atoms with E-state index >= 15 is 0 Å². The lowest BCUT2D eigenvalue weighted by Crippen LogP contribution is -2.39. The second-order valence-corrected chi connectivity index (χ2v) is 6.19. The third-order valence-corrected chi connectivity index (χ3v) is 4.81. The highest BCUT2D eigenvalue weighted by molar-refractivity contribution is 6.46. The Kier molecular flexibility index (Phi) is 3.92. The first-order valence-corrected chi connectivity index (χ1v) is 6.25. The van der Waals surface area contributed by atoms with Crippen LogP contribution >= 0.6 is 11.6 Å². The Bertz CT molecular complexity index is 386. The monoisotopic (exact) mass is 274 g/mol.